The Kier molecular flexibility index (Phi) is 6.95. The van der Waals surface area contributed by atoms with Gasteiger partial charge in [-0.3, -0.25) is 0 Å². The second kappa shape index (κ2) is 12.0. The van der Waals surface area contributed by atoms with E-state index in [0.29, 0.717) is 0 Å². The Hall–Kier alpha value is -6.00. The Bertz CT molecular complexity index is 3230. The largest absolute Gasteiger partial charge is 0.309 e. The van der Waals surface area contributed by atoms with E-state index in [-0.39, 0.29) is 0 Å². The van der Waals surface area contributed by atoms with E-state index in [1.54, 1.807) is 0 Å². The lowest BCUT2D eigenvalue weighted by molar-refractivity contribution is 1.20. The van der Waals surface area contributed by atoms with Crippen molar-refractivity contribution in [3.8, 4) is 27.9 Å². The van der Waals surface area contributed by atoms with Gasteiger partial charge in [-0.25, -0.2) is 0 Å². The van der Waals surface area contributed by atoms with Crippen molar-refractivity contribution in [1.29, 1.82) is 0 Å². The van der Waals surface area contributed by atoms with Crippen LogP contribution < -0.4 is 0 Å². The second-order valence-electron chi connectivity index (χ2n) is 14.1. The van der Waals surface area contributed by atoms with Crippen molar-refractivity contribution in [1.82, 2.24) is 4.57 Å². The number of hydrogen-bond donors (Lipinski definition) is 0. The zero-order chi connectivity index (χ0) is 35.0. The molecule has 0 spiro atoms. The number of rotatable bonds is 5. The molecule has 8 aromatic carbocycles. The summed E-state index contributed by atoms with van der Waals surface area (Å²) in [5.74, 6) is 0. The van der Waals surface area contributed by atoms with Gasteiger partial charge in [0.25, 0.3) is 0 Å². The monoisotopic (exact) mass is 711 g/mol. The van der Waals surface area contributed by atoms with Gasteiger partial charge in [0, 0.05) is 51.1 Å². The maximum atomic E-state index is 2.48. The average molecular weight is 712 g/mol. The molecule has 3 aromatic heterocycles. The van der Waals surface area contributed by atoms with Gasteiger partial charge in [0.15, 0.2) is 0 Å². The van der Waals surface area contributed by atoms with Gasteiger partial charge < -0.3 is 4.57 Å². The molecule has 0 aliphatic carbocycles. The number of aromatic nitrogens is 1. The standard InChI is InChI=1S/C50H33NS2/c1-31-24-25-32(29-40(31)36-14-3-2-12-34(36)28-35-13-10-22-47-49(35)38-16-5-8-20-45(38)52-47)33-26-27-43-41(30-33)37-15-4-7-18-42(37)51(43)44-19-11-23-48-50(44)39-17-6-9-21-46(39)53-48/h2-27,29-30H,28H2,1H3. The van der Waals surface area contributed by atoms with E-state index in [9.17, 15) is 0 Å². The Morgan fingerprint density at radius 2 is 1.00 bits per heavy atom. The van der Waals surface area contributed by atoms with Gasteiger partial charge in [0.05, 0.1) is 16.7 Å². The van der Waals surface area contributed by atoms with Gasteiger partial charge in [-0.2, -0.15) is 0 Å². The molecule has 0 aliphatic heterocycles. The van der Waals surface area contributed by atoms with Gasteiger partial charge in [0.1, 0.15) is 0 Å². The van der Waals surface area contributed by atoms with Crippen LogP contribution >= 0.6 is 22.7 Å². The van der Waals surface area contributed by atoms with Crippen LogP contribution in [0.5, 0.6) is 0 Å². The molecule has 0 atom stereocenters. The van der Waals surface area contributed by atoms with Gasteiger partial charge in [-0.05, 0) is 107 Å². The van der Waals surface area contributed by atoms with Crippen LogP contribution in [0.4, 0.5) is 0 Å². The van der Waals surface area contributed by atoms with Crippen molar-refractivity contribution in [2.24, 2.45) is 0 Å². The zero-order valence-corrected chi connectivity index (χ0v) is 30.8. The minimum absolute atomic E-state index is 0.884. The molecule has 0 amide bonds. The highest BCUT2D eigenvalue weighted by Crippen LogP contribution is 2.43. The summed E-state index contributed by atoms with van der Waals surface area (Å²) in [4.78, 5) is 0. The normalized spacial score (nSPS) is 11.9. The number of thiophene rings is 2. The Morgan fingerprint density at radius 3 is 1.83 bits per heavy atom. The van der Waals surface area contributed by atoms with Crippen LogP contribution in [0.1, 0.15) is 16.7 Å². The molecule has 0 fully saturated rings. The summed E-state index contributed by atoms with van der Waals surface area (Å²) in [5.41, 5.74) is 12.8. The van der Waals surface area contributed by atoms with Crippen LogP contribution in [0.3, 0.4) is 0 Å². The van der Waals surface area contributed by atoms with E-state index >= 15 is 0 Å². The summed E-state index contributed by atoms with van der Waals surface area (Å²) in [6.07, 6.45) is 0.884. The van der Waals surface area contributed by atoms with Crippen LogP contribution in [0, 0.1) is 6.92 Å². The molecule has 0 saturated carbocycles. The van der Waals surface area contributed by atoms with E-state index < -0.39 is 0 Å². The fourth-order valence-electron chi connectivity index (χ4n) is 8.58. The summed E-state index contributed by atoms with van der Waals surface area (Å²) in [7, 11) is 0. The fraction of sp³-hybridized carbons (Fsp3) is 0.0400. The highest BCUT2D eigenvalue weighted by molar-refractivity contribution is 7.26. The maximum Gasteiger partial charge on any atom is 0.0555 e. The summed E-state index contributed by atoms with van der Waals surface area (Å²) >= 11 is 3.76. The third-order valence-electron chi connectivity index (χ3n) is 11.0. The number of nitrogens with zero attached hydrogens (tertiary/aromatic N) is 1. The first-order valence-electron chi connectivity index (χ1n) is 18.2. The van der Waals surface area contributed by atoms with E-state index in [4.69, 9.17) is 0 Å². The first-order valence-corrected chi connectivity index (χ1v) is 19.9. The lowest BCUT2D eigenvalue weighted by Crippen LogP contribution is -1.95. The molecule has 250 valence electrons. The molecular formula is C50H33NS2. The minimum Gasteiger partial charge on any atom is -0.309 e. The number of hydrogen-bond acceptors (Lipinski definition) is 2. The van der Waals surface area contributed by atoms with Gasteiger partial charge in [-0.1, -0.05) is 115 Å². The zero-order valence-electron chi connectivity index (χ0n) is 29.1. The summed E-state index contributed by atoms with van der Waals surface area (Å²) < 4.78 is 7.83. The molecular weight excluding hydrogens is 679 g/mol. The van der Waals surface area contributed by atoms with Crippen LogP contribution in [-0.4, -0.2) is 4.57 Å². The quantitative estimate of drug-likeness (QED) is 0.167. The van der Waals surface area contributed by atoms with Crippen LogP contribution in [0.2, 0.25) is 0 Å². The van der Waals surface area contributed by atoms with Crippen LogP contribution in [0.25, 0.3) is 90.1 Å². The summed E-state index contributed by atoms with van der Waals surface area (Å²) in [6.45, 7) is 2.24. The van der Waals surface area contributed by atoms with Gasteiger partial charge >= 0.3 is 0 Å². The lowest BCUT2D eigenvalue weighted by atomic mass is 9.89. The van der Waals surface area contributed by atoms with Crippen molar-refractivity contribution in [3.05, 3.63) is 187 Å². The van der Waals surface area contributed by atoms with Crippen molar-refractivity contribution in [2.75, 3.05) is 0 Å². The molecule has 0 aliphatic rings. The molecule has 0 bridgehead atoms. The molecule has 53 heavy (non-hydrogen) atoms. The second-order valence-corrected chi connectivity index (χ2v) is 16.3. The predicted octanol–water partition coefficient (Wildman–Crippen LogP) is 14.8. The van der Waals surface area contributed by atoms with Crippen molar-refractivity contribution < 1.29 is 0 Å². The predicted molar refractivity (Wildman–Crippen MR) is 231 cm³/mol. The molecule has 3 heteroatoms. The SMILES string of the molecule is Cc1ccc(-c2ccc3c(c2)c2ccccc2n3-c2cccc3sc4ccccc4c23)cc1-c1ccccc1Cc1cccc2sc3ccccc3c12. The number of aryl methyl sites for hydroxylation is 1. The van der Waals surface area contributed by atoms with Crippen molar-refractivity contribution >= 4 is 84.8 Å². The molecule has 0 radical (unpaired) electrons. The number of para-hydroxylation sites is 1. The molecule has 0 N–H and O–H groups in total. The Labute approximate surface area is 315 Å². The highest BCUT2D eigenvalue weighted by atomic mass is 32.1. The first kappa shape index (κ1) is 30.6. The van der Waals surface area contributed by atoms with E-state index in [2.05, 4.69) is 181 Å². The summed E-state index contributed by atoms with van der Waals surface area (Å²) in [6, 6.07) is 63.1. The molecule has 3 heterocycles. The average Bonchev–Trinajstić information content (AvgIpc) is 3.88. The van der Waals surface area contributed by atoms with E-state index in [1.807, 2.05) is 22.7 Å². The first-order chi connectivity index (χ1) is 26.2. The van der Waals surface area contributed by atoms with Crippen LogP contribution in [-0.2, 0) is 6.42 Å². The smallest absolute Gasteiger partial charge is 0.0555 e. The lowest BCUT2D eigenvalue weighted by Gasteiger charge is -2.15. The van der Waals surface area contributed by atoms with E-state index in [1.165, 1.54) is 107 Å². The summed E-state index contributed by atoms with van der Waals surface area (Å²) in [5, 5.41) is 7.94. The third kappa shape index (κ3) is 4.81. The van der Waals surface area contributed by atoms with Crippen LogP contribution in [0.15, 0.2) is 170 Å². The molecule has 1 nitrogen and oxygen atoms in total. The topological polar surface area (TPSA) is 4.93 Å². The van der Waals surface area contributed by atoms with Crippen molar-refractivity contribution in [3.63, 3.8) is 0 Å². The number of benzene rings is 8. The van der Waals surface area contributed by atoms with Gasteiger partial charge in [0.2, 0.25) is 0 Å². The molecule has 11 aromatic rings. The maximum absolute atomic E-state index is 2.48. The highest BCUT2D eigenvalue weighted by Gasteiger charge is 2.18. The van der Waals surface area contributed by atoms with E-state index in [0.717, 1.165) is 6.42 Å². The number of fused-ring (bicyclic) bond motifs is 9. The third-order valence-corrected chi connectivity index (χ3v) is 13.3. The van der Waals surface area contributed by atoms with Gasteiger partial charge in [-0.15, -0.1) is 22.7 Å². The molecule has 11 rings (SSSR count). The Balaban J connectivity index is 1.04. The van der Waals surface area contributed by atoms with Crippen molar-refractivity contribution in [2.45, 2.75) is 13.3 Å². The minimum atomic E-state index is 0.884. The fourth-order valence-corrected chi connectivity index (χ4v) is 10.9. The Morgan fingerprint density at radius 1 is 0.415 bits per heavy atom. The molecule has 0 saturated heterocycles. The molecule has 0 unspecified atom stereocenters.